The van der Waals surface area contributed by atoms with Crippen LogP contribution in [0.15, 0.2) is 23.2 Å². The largest absolute Gasteiger partial charge is 0.366 e. The van der Waals surface area contributed by atoms with E-state index < -0.39 is 6.17 Å². The molecule has 1 saturated heterocycles. The van der Waals surface area contributed by atoms with Crippen LogP contribution in [0, 0.1) is 11.2 Å². The normalized spacial score (nSPS) is 19.7. The molecule has 0 radical (unpaired) electrons. The molecule has 116 valence electrons. The van der Waals surface area contributed by atoms with Crippen molar-refractivity contribution in [1.82, 2.24) is 0 Å². The fourth-order valence-electron chi connectivity index (χ4n) is 2.45. The van der Waals surface area contributed by atoms with E-state index in [0.717, 1.165) is 12.0 Å². The van der Waals surface area contributed by atoms with Gasteiger partial charge in [-0.05, 0) is 24.3 Å². The summed E-state index contributed by atoms with van der Waals surface area (Å²) in [7, 11) is 0. The molecule has 1 heterocycles. The predicted octanol–water partition coefficient (Wildman–Crippen LogP) is 4.23. The second kappa shape index (κ2) is 6.54. The van der Waals surface area contributed by atoms with E-state index in [1.54, 1.807) is 17.2 Å². The van der Waals surface area contributed by atoms with Gasteiger partial charge < -0.3 is 4.90 Å². The lowest BCUT2D eigenvalue weighted by Gasteiger charge is -2.20. The number of hydrogen-bond donors (Lipinski definition) is 0. The van der Waals surface area contributed by atoms with Crippen molar-refractivity contribution in [3.8, 4) is 0 Å². The molecular formula is C17H24F2N2. The number of rotatable bonds is 4. The van der Waals surface area contributed by atoms with Gasteiger partial charge in [-0.2, -0.15) is 0 Å². The highest BCUT2D eigenvalue weighted by Crippen LogP contribution is 2.28. The van der Waals surface area contributed by atoms with Gasteiger partial charge in [-0.15, -0.1) is 0 Å². The molecular weight excluding hydrogens is 270 g/mol. The van der Waals surface area contributed by atoms with Crippen molar-refractivity contribution in [2.75, 3.05) is 24.5 Å². The van der Waals surface area contributed by atoms with Crippen molar-refractivity contribution >= 4 is 11.9 Å². The Morgan fingerprint density at radius 3 is 2.76 bits per heavy atom. The third-order valence-corrected chi connectivity index (χ3v) is 3.69. The number of anilines is 1. The van der Waals surface area contributed by atoms with Crippen LogP contribution in [-0.2, 0) is 0 Å². The lowest BCUT2D eigenvalue weighted by Crippen LogP contribution is -2.22. The zero-order chi connectivity index (χ0) is 15.5. The van der Waals surface area contributed by atoms with Gasteiger partial charge in [-0.1, -0.05) is 32.9 Å². The number of nitrogens with zero attached hydrogens (tertiary/aromatic N) is 2. The zero-order valence-electron chi connectivity index (χ0n) is 13.1. The number of para-hydroxylation sites is 1. The van der Waals surface area contributed by atoms with Gasteiger partial charge in [0.1, 0.15) is 12.0 Å². The molecule has 4 heteroatoms. The van der Waals surface area contributed by atoms with Crippen molar-refractivity contribution in [3.05, 3.63) is 29.6 Å². The highest BCUT2D eigenvalue weighted by molar-refractivity contribution is 5.88. The Labute approximate surface area is 125 Å². The lowest BCUT2D eigenvalue weighted by atomic mass is 9.92. The summed E-state index contributed by atoms with van der Waals surface area (Å²) in [6.07, 6.45) is 2.30. The summed E-state index contributed by atoms with van der Waals surface area (Å²) in [6.45, 7) is 8.05. The van der Waals surface area contributed by atoms with Crippen molar-refractivity contribution in [3.63, 3.8) is 0 Å². The summed E-state index contributed by atoms with van der Waals surface area (Å²) in [5.74, 6) is -0.302. The minimum atomic E-state index is -0.865. The Kier molecular flexibility index (Phi) is 4.96. The van der Waals surface area contributed by atoms with Gasteiger partial charge in [-0.3, -0.25) is 4.99 Å². The van der Waals surface area contributed by atoms with Crippen LogP contribution in [0.3, 0.4) is 0 Å². The van der Waals surface area contributed by atoms with Crippen LogP contribution in [-0.4, -0.2) is 32.0 Å². The smallest absolute Gasteiger partial charge is 0.147 e. The van der Waals surface area contributed by atoms with E-state index >= 15 is 0 Å². The second-order valence-corrected chi connectivity index (χ2v) is 6.86. The van der Waals surface area contributed by atoms with Gasteiger partial charge >= 0.3 is 0 Å². The van der Waals surface area contributed by atoms with Crippen molar-refractivity contribution in [1.29, 1.82) is 0 Å². The van der Waals surface area contributed by atoms with Gasteiger partial charge in [0.2, 0.25) is 0 Å². The molecule has 1 aliphatic rings. The monoisotopic (exact) mass is 294 g/mol. The lowest BCUT2D eigenvalue weighted by molar-refractivity contribution is 0.364. The van der Waals surface area contributed by atoms with Crippen LogP contribution in [0.2, 0.25) is 0 Å². The first-order valence-corrected chi connectivity index (χ1v) is 7.54. The topological polar surface area (TPSA) is 15.6 Å². The number of alkyl halides is 1. The van der Waals surface area contributed by atoms with Gasteiger partial charge in [-0.25, -0.2) is 8.78 Å². The van der Waals surface area contributed by atoms with Crippen LogP contribution in [0.1, 0.15) is 39.2 Å². The maximum Gasteiger partial charge on any atom is 0.147 e. The Bertz CT molecular complexity index is 506. The van der Waals surface area contributed by atoms with E-state index in [0.29, 0.717) is 25.2 Å². The Morgan fingerprint density at radius 2 is 2.14 bits per heavy atom. The van der Waals surface area contributed by atoms with Crippen LogP contribution in [0.4, 0.5) is 14.5 Å². The number of aliphatic imine (C=N–C) groups is 1. The van der Waals surface area contributed by atoms with Gasteiger partial charge in [0.05, 0.1) is 5.69 Å². The minimum Gasteiger partial charge on any atom is -0.366 e. The van der Waals surface area contributed by atoms with Crippen molar-refractivity contribution in [2.24, 2.45) is 10.4 Å². The SMILES string of the molecule is CC(C)(C)CC/N=C\c1cccc(F)c1N1CCC(F)C1. The third-order valence-electron chi connectivity index (χ3n) is 3.69. The zero-order valence-corrected chi connectivity index (χ0v) is 13.1. The molecule has 1 fully saturated rings. The Hall–Kier alpha value is -1.45. The predicted molar refractivity (Wildman–Crippen MR) is 84.7 cm³/mol. The third kappa shape index (κ3) is 4.51. The molecule has 0 spiro atoms. The first-order valence-electron chi connectivity index (χ1n) is 7.54. The van der Waals surface area contributed by atoms with E-state index in [9.17, 15) is 8.78 Å². The summed E-state index contributed by atoms with van der Waals surface area (Å²) in [5, 5.41) is 0. The molecule has 1 unspecified atom stereocenters. The molecule has 21 heavy (non-hydrogen) atoms. The van der Waals surface area contributed by atoms with E-state index in [1.165, 1.54) is 6.07 Å². The summed E-state index contributed by atoms with van der Waals surface area (Å²) < 4.78 is 27.5. The summed E-state index contributed by atoms with van der Waals surface area (Å²) in [6, 6.07) is 4.94. The molecule has 1 aromatic rings. The molecule has 0 aromatic heterocycles. The molecule has 0 N–H and O–H groups in total. The Balaban J connectivity index is 2.12. The van der Waals surface area contributed by atoms with Crippen LogP contribution in [0.5, 0.6) is 0 Å². The van der Waals surface area contributed by atoms with Gasteiger partial charge in [0.15, 0.2) is 0 Å². The highest BCUT2D eigenvalue weighted by Gasteiger charge is 2.25. The maximum absolute atomic E-state index is 14.1. The fourth-order valence-corrected chi connectivity index (χ4v) is 2.45. The molecule has 0 aliphatic carbocycles. The average Bonchev–Trinajstić information content (AvgIpc) is 2.80. The number of benzene rings is 1. The molecule has 0 bridgehead atoms. The Morgan fingerprint density at radius 1 is 1.38 bits per heavy atom. The molecule has 1 atom stereocenters. The second-order valence-electron chi connectivity index (χ2n) is 6.86. The summed E-state index contributed by atoms with van der Waals surface area (Å²) in [5.41, 5.74) is 1.45. The standard InChI is InChI=1S/C17H24F2N2/c1-17(2,3)8-9-20-11-13-5-4-6-15(19)16(13)21-10-7-14(18)12-21/h4-6,11,14H,7-10,12H2,1-3H3/b20-11-. The van der Waals surface area contributed by atoms with E-state index in [4.69, 9.17) is 0 Å². The molecule has 1 aromatic carbocycles. The van der Waals surface area contributed by atoms with E-state index in [1.807, 2.05) is 6.07 Å². The average molecular weight is 294 g/mol. The maximum atomic E-state index is 14.1. The molecule has 2 rings (SSSR count). The number of halogens is 2. The quantitative estimate of drug-likeness (QED) is 0.759. The molecule has 2 nitrogen and oxygen atoms in total. The van der Waals surface area contributed by atoms with Crippen LogP contribution < -0.4 is 4.90 Å². The van der Waals surface area contributed by atoms with Crippen LogP contribution in [0.25, 0.3) is 0 Å². The van der Waals surface area contributed by atoms with Crippen molar-refractivity contribution < 1.29 is 8.78 Å². The van der Waals surface area contributed by atoms with E-state index in [-0.39, 0.29) is 17.8 Å². The molecule has 0 saturated carbocycles. The van der Waals surface area contributed by atoms with Gasteiger partial charge in [0, 0.05) is 31.4 Å². The van der Waals surface area contributed by atoms with Crippen LogP contribution >= 0.6 is 0 Å². The van der Waals surface area contributed by atoms with Gasteiger partial charge in [0.25, 0.3) is 0 Å². The summed E-state index contributed by atoms with van der Waals surface area (Å²) in [4.78, 5) is 6.19. The summed E-state index contributed by atoms with van der Waals surface area (Å²) >= 11 is 0. The first kappa shape index (κ1) is 15.9. The van der Waals surface area contributed by atoms with E-state index in [2.05, 4.69) is 25.8 Å². The molecule has 1 aliphatic heterocycles. The molecule has 0 amide bonds. The number of hydrogen-bond acceptors (Lipinski definition) is 2. The fraction of sp³-hybridized carbons (Fsp3) is 0.588. The first-order chi connectivity index (χ1) is 9.87. The highest BCUT2D eigenvalue weighted by atomic mass is 19.1. The van der Waals surface area contributed by atoms with Crippen molar-refractivity contribution in [2.45, 2.75) is 39.8 Å². The minimum absolute atomic E-state index is 0.235.